The molecule has 0 saturated heterocycles. The Balaban J connectivity index is 2.38. The van der Waals surface area contributed by atoms with Gasteiger partial charge in [0.2, 0.25) is 0 Å². The van der Waals surface area contributed by atoms with E-state index < -0.39 is 24.2 Å². The van der Waals surface area contributed by atoms with Crippen LogP contribution in [0.3, 0.4) is 0 Å². The van der Waals surface area contributed by atoms with E-state index in [0.29, 0.717) is 12.8 Å². The van der Waals surface area contributed by atoms with E-state index in [1.54, 1.807) is 0 Å². The number of aryl methyl sites for hydroxylation is 1. The van der Waals surface area contributed by atoms with Crippen molar-refractivity contribution >= 4 is 5.97 Å². The van der Waals surface area contributed by atoms with Gasteiger partial charge in [-0.25, -0.2) is 4.79 Å². The molecule has 2 unspecified atom stereocenters. The molecular formula is C20H33NO5. The van der Waals surface area contributed by atoms with Gasteiger partial charge in [-0.3, -0.25) is 0 Å². The van der Waals surface area contributed by atoms with Crippen LogP contribution in [0.4, 0.5) is 0 Å². The smallest absolute Gasteiger partial charge is 0.330 e. The van der Waals surface area contributed by atoms with E-state index in [-0.39, 0.29) is 0 Å². The van der Waals surface area contributed by atoms with Crippen LogP contribution in [0.25, 0.3) is 0 Å². The molecule has 0 aliphatic heterocycles. The summed E-state index contributed by atoms with van der Waals surface area (Å²) in [5.74, 6) is 0.0465. The number of unbranched alkanes of at least 4 members (excludes halogenated alkanes) is 3. The molecular weight excluding hydrogens is 334 g/mol. The number of nitrogens with two attached hydrogens (primary N) is 1. The summed E-state index contributed by atoms with van der Waals surface area (Å²) in [5, 5.41) is 19.5. The second-order valence-electron chi connectivity index (χ2n) is 6.65. The summed E-state index contributed by atoms with van der Waals surface area (Å²) in [5.41, 5.74) is 5.12. The predicted molar refractivity (Wildman–Crippen MR) is 101 cm³/mol. The zero-order valence-corrected chi connectivity index (χ0v) is 15.9. The van der Waals surface area contributed by atoms with E-state index >= 15 is 0 Å². The number of methoxy groups -OCH3 is 1. The van der Waals surface area contributed by atoms with Crippen molar-refractivity contribution in [3.8, 4) is 5.75 Å². The lowest BCUT2D eigenvalue weighted by atomic mass is 9.90. The fraction of sp³-hybridized carbons (Fsp3) is 0.650. The third kappa shape index (κ3) is 6.94. The highest BCUT2D eigenvalue weighted by Gasteiger charge is 2.41. The molecule has 0 saturated carbocycles. The summed E-state index contributed by atoms with van der Waals surface area (Å²) in [7, 11) is 1.18. The molecule has 0 aromatic heterocycles. The Bertz CT molecular complexity index is 519. The van der Waals surface area contributed by atoms with Gasteiger partial charge in [0.15, 0.2) is 5.54 Å². The van der Waals surface area contributed by atoms with E-state index in [4.69, 9.17) is 10.5 Å². The van der Waals surface area contributed by atoms with E-state index in [1.165, 1.54) is 26.4 Å². The number of hydrogen-bond donors (Lipinski definition) is 3. The Hall–Kier alpha value is -1.63. The highest BCUT2D eigenvalue weighted by Crippen LogP contribution is 2.18. The molecule has 1 aromatic rings. The van der Waals surface area contributed by atoms with Gasteiger partial charge in [0.25, 0.3) is 0 Å². The number of esters is 1. The van der Waals surface area contributed by atoms with Crippen molar-refractivity contribution in [3.05, 3.63) is 29.8 Å². The Morgan fingerprint density at radius 2 is 1.88 bits per heavy atom. The van der Waals surface area contributed by atoms with Gasteiger partial charge in [-0.05, 0) is 43.4 Å². The van der Waals surface area contributed by atoms with Gasteiger partial charge in [0.05, 0.1) is 26.4 Å². The number of aliphatic hydroxyl groups excluding tert-OH is 2. The van der Waals surface area contributed by atoms with Crippen LogP contribution in [0.1, 0.15) is 51.0 Å². The highest BCUT2D eigenvalue weighted by atomic mass is 16.5. The number of rotatable bonds is 13. The normalized spacial score (nSPS) is 14.5. The third-order valence-electron chi connectivity index (χ3n) is 4.55. The molecule has 148 valence electrons. The minimum Gasteiger partial charge on any atom is -0.494 e. The monoisotopic (exact) mass is 367 g/mol. The van der Waals surface area contributed by atoms with E-state index in [9.17, 15) is 15.0 Å². The fourth-order valence-corrected chi connectivity index (χ4v) is 2.72. The fourth-order valence-electron chi connectivity index (χ4n) is 2.72. The molecule has 1 aromatic carbocycles. The standard InChI is InChI=1S/C20H33NO5/c1-3-4-5-6-14-26-17-12-10-16(11-13-17)8-7-9-18(23)20(21,15-22)19(24)25-2/h10-13,18,22-23H,3-9,14-15,21H2,1-2H3. The van der Waals surface area contributed by atoms with Crippen LogP contribution in [-0.4, -0.2) is 48.1 Å². The van der Waals surface area contributed by atoms with Crippen molar-refractivity contribution in [2.75, 3.05) is 20.3 Å². The molecule has 4 N–H and O–H groups in total. The van der Waals surface area contributed by atoms with Crippen LogP contribution < -0.4 is 10.5 Å². The quantitative estimate of drug-likeness (QED) is 0.365. The lowest BCUT2D eigenvalue weighted by Crippen LogP contribution is -2.60. The number of hydrogen-bond acceptors (Lipinski definition) is 6. The van der Waals surface area contributed by atoms with Crippen molar-refractivity contribution in [1.29, 1.82) is 0 Å². The van der Waals surface area contributed by atoms with E-state index in [2.05, 4.69) is 11.7 Å². The number of carbonyl (C=O) groups excluding carboxylic acids is 1. The molecule has 2 atom stereocenters. The topological polar surface area (TPSA) is 102 Å². The summed E-state index contributed by atoms with van der Waals surface area (Å²) in [6.07, 6.45) is 5.22. The zero-order valence-electron chi connectivity index (χ0n) is 15.9. The van der Waals surface area contributed by atoms with Crippen molar-refractivity contribution in [1.82, 2.24) is 0 Å². The van der Waals surface area contributed by atoms with Gasteiger partial charge >= 0.3 is 5.97 Å². The van der Waals surface area contributed by atoms with Crippen LogP contribution in [0.15, 0.2) is 24.3 Å². The lowest BCUT2D eigenvalue weighted by Gasteiger charge is -2.29. The Morgan fingerprint density at radius 1 is 1.19 bits per heavy atom. The molecule has 0 aliphatic carbocycles. The second kappa shape index (κ2) is 11.9. The van der Waals surface area contributed by atoms with Gasteiger partial charge in [-0.15, -0.1) is 0 Å². The average molecular weight is 367 g/mol. The van der Waals surface area contributed by atoms with Crippen LogP contribution in [0, 0.1) is 0 Å². The lowest BCUT2D eigenvalue weighted by molar-refractivity contribution is -0.154. The zero-order chi connectivity index (χ0) is 19.4. The molecule has 0 bridgehead atoms. The predicted octanol–water partition coefficient (Wildman–Crippen LogP) is 2.19. The highest BCUT2D eigenvalue weighted by molar-refractivity contribution is 5.81. The molecule has 0 spiro atoms. The van der Waals surface area contributed by atoms with Gasteiger partial charge in [0, 0.05) is 0 Å². The summed E-state index contributed by atoms with van der Waals surface area (Å²) in [6.45, 7) is 2.26. The maximum absolute atomic E-state index is 11.6. The molecule has 0 amide bonds. The van der Waals surface area contributed by atoms with Gasteiger partial charge < -0.3 is 25.4 Å². The van der Waals surface area contributed by atoms with Crippen LogP contribution in [0.5, 0.6) is 5.75 Å². The van der Waals surface area contributed by atoms with Crippen LogP contribution >= 0.6 is 0 Å². The number of carbonyl (C=O) groups is 1. The number of aliphatic hydroxyl groups is 2. The Labute approximate surface area is 156 Å². The first-order valence-corrected chi connectivity index (χ1v) is 9.35. The first-order chi connectivity index (χ1) is 12.5. The first-order valence-electron chi connectivity index (χ1n) is 9.35. The van der Waals surface area contributed by atoms with Gasteiger partial charge in [-0.2, -0.15) is 0 Å². The summed E-state index contributed by atoms with van der Waals surface area (Å²) in [4.78, 5) is 11.6. The van der Waals surface area contributed by atoms with E-state index in [1.807, 2.05) is 24.3 Å². The molecule has 6 heteroatoms. The Morgan fingerprint density at radius 3 is 2.46 bits per heavy atom. The SMILES string of the molecule is CCCCCCOc1ccc(CCCC(O)C(N)(CO)C(=O)OC)cc1. The summed E-state index contributed by atoms with van der Waals surface area (Å²) < 4.78 is 10.3. The van der Waals surface area contributed by atoms with Crippen LogP contribution in [-0.2, 0) is 16.0 Å². The third-order valence-corrected chi connectivity index (χ3v) is 4.55. The molecule has 6 nitrogen and oxygen atoms in total. The first kappa shape index (κ1) is 22.4. The van der Waals surface area contributed by atoms with Gasteiger partial charge in [-0.1, -0.05) is 38.3 Å². The Kier molecular flexibility index (Phi) is 10.2. The van der Waals surface area contributed by atoms with Crippen molar-refractivity contribution in [2.24, 2.45) is 5.73 Å². The van der Waals surface area contributed by atoms with Crippen LogP contribution in [0.2, 0.25) is 0 Å². The maximum Gasteiger partial charge on any atom is 0.330 e. The maximum atomic E-state index is 11.6. The van der Waals surface area contributed by atoms with Crippen molar-refractivity contribution in [2.45, 2.75) is 63.5 Å². The molecule has 0 radical (unpaired) electrons. The molecule has 26 heavy (non-hydrogen) atoms. The molecule has 0 heterocycles. The number of ether oxygens (including phenoxy) is 2. The van der Waals surface area contributed by atoms with Gasteiger partial charge in [0.1, 0.15) is 5.75 Å². The number of benzene rings is 1. The molecule has 0 aliphatic rings. The molecule has 0 fully saturated rings. The average Bonchev–Trinajstić information content (AvgIpc) is 2.67. The van der Waals surface area contributed by atoms with Crippen molar-refractivity contribution < 1.29 is 24.5 Å². The van der Waals surface area contributed by atoms with Crippen molar-refractivity contribution in [3.63, 3.8) is 0 Å². The molecule has 1 rings (SSSR count). The summed E-state index contributed by atoms with van der Waals surface area (Å²) >= 11 is 0. The minimum absolute atomic E-state index is 0.293. The minimum atomic E-state index is -1.77. The second-order valence-corrected chi connectivity index (χ2v) is 6.65. The van der Waals surface area contributed by atoms with E-state index in [0.717, 1.165) is 30.8 Å². The largest absolute Gasteiger partial charge is 0.494 e. The summed E-state index contributed by atoms with van der Waals surface area (Å²) in [6, 6.07) is 7.88.